The van der Waals surface area contributed by atoms with E-state index in [0.717, 1.165) is 28.1 Å². The molecule has 0 spiro atoms. The Morgan fingerprint density at radius 2 is 1.96 bits per heavy atom. The molecule has 0 unspecified atom stereocenters. The van der Waals surface area contributed by atoms with E-state index < -0.39 is 5.60 Å². The van der Waals surface area contributed by atoms with Crippen LogP contribution in [0.4, 0.5) is 0 Å². The van der Waals surface area contributed by atoms with Crippen molar-refractivity contribution in [3.63, 3.8) is 0 Å². The van der Waals surface area contributed by atoms with Gasteiger partial charge >= 0.3 is 0 Å². The summed E-state index contributed by atoms with van der Waals surface area (Å²) in [5, 5.41) is 18.0. The van der Waals surface area contributed by atoms with Gasteiger partial charge < -0.3 is 10.4 Å². The zero-order valence-corrected chi connectivity index (χ0v) is 16.2. The van der Waals surface area contributed by atoms with Crippen LogP contribution in [0.15, 0.2) is 18.2 Å². The summed E-state index contributed by atoms with van der Waals surface area (Å²) in [5.74, 6) is -0.0756. The van der Waals surface area contributed by atoms with Gasteiger partial charge in [0.2, 0.25) is 5.91 Å². The number of hydrogen-bond donors (Lipinski definition) is 2. The van der Waals surface area contributed by atoms with E-state index in [9.17, 15) is 9.90 Å². The van der Waals surface area contributed by atoms with E-state index in [2.05, 4.69) is 10.4 Å². The lowest BCUT2D eigenvalue weighted by Crippen LogP contribution is -2.27. The topological polar surface area (TPSA) is 67.2 Å². The van der Waals surface area contributed by atoms with Crippen molar-refractivity contribution in [1.29, 1.82) is 0 Å². The molecule has 1 aromatic heterocycles. The summed E-state index contributed by atoms with van der Waals surface area (Å²) in [4.78, 5) is 12.4. The molecule has 6 heteroatoms. The highest BCUT2D eigenvalue weighted by Gasteiger charge is 2.20. The number of nitrogens with one attached hydrogen (secondary N) is 1. The molecule has 5 nitrogen and oxygen atoms in total. The molecule has 2 N–H and O–H groups in total. The summed E-state index contributed by atoms with van der Waals surface area (Å²) >= 11 is 6.20. The molecule has 136 valence electrons. The molecule has 0 saturated heterocycles. The summed E-state index contributed by atoms with van der Waals surface area (Å²) in [6.07, 6.45) is 0.257. The Labute approximate surface area is 154 Å². The molecule has 25 heavy (non-hydrogen) atoms. The van der Waals surface area contributed by atoms with Crippen molar-refractivity contribution in [2.45, 2.75) is 59.7 Å². The highest BCUT2D eigenvalue weighted by atomic mass is 35.5. The van der Waals surface area contributed by atoms with Gasteiger partial charge in [-0.1, -0.05) is 23.7 Å². The molecular formula is C19H26ClN3O2. The largest absolute Gasteiger partial charge is 0.389 e. The number of nitrogens with zero attached hydrogens (tertiary/aromatic N) is 2. The maximum absolute atomic E-state index is 12.4. The van der Waals surface area contributed by atoms with Crippen molar-refractivity contribution in [2.24, 2.45) is 0 Å². The lowest BCUT2D eigenvalue weighted by molar-refractivity contribution is -0.120. The molecule has 0 radical (unpaired) electrons. The Kier molecular flexibility index (Phi) is 5.91. The average Bonchev–Trinajstić information content (AvgIpc) is 2.72. The van der Waals surface area contributed by atoms with Crippen LogP contribution in [-0.4, -0.2) is 26.4 Å². The smallest absolute Gasteiger partial charge is 0.224 e. The van der Waals surface area contributed by atoms with E-state index in [1.165, 1.54) is 0 Å². The van der Waals surface area contributed by atoms with Crippen LogP contribution in [0.1, 0.15) is 41.9 Å². The molecule has 1 heterocycles. The number of carbonyl (C=O) groups is 1. The number of aliphatic hydroxyl groups is 1. The molecule has 0 bridgehead atoms. The van der Waals surface area contributed by atoms with Crippen molar-refractivity contribution in [1.82, 2.24) is 15.1 Å². The predicted molar refractivity (Wildman–Crippen MR) is 99.7 cm³/mol. The average molecular weight is 364 g/mol. The fourth-order valence-corrected chi connectivity index (χ4v) is 3.10. The van der Waals surface area contributed by atoms with Crippen LogP contribution < -0.4 is 5.32 Å². The van der Waals surface area contributed by atoms with E-state index >= 15 is 0 Å². The fraction of sp³-hybridized carbons (Fsp3) is 0.474. The van der Waals surface area contributed by atoms with Gasteiger partial charge in [0, 0.05) is 22.8 Å². The quantitative estimate of drug-likeness (QED) is 0.828. The molecule has 1 aromatic carbocycles. The minimum absolute atomic E-state index is 0.0756. The maximum Gasteiger partial charge on any atom is 0.224 e. The van der Waals surface area contributed by atoms with Crippen molar-refractivity contribution >= 4 is 17.5 Å². The summed E-state index contributed by atoms with van der Waals surface area (Å²) in [6.45, 7) is 10.0. The van der Waals surface area contributed by atoms with Crippen LogP contribution in [0, 0.1) is 20.8 Å². The summed E-state index contributed by atoms with van der Waals surface area (Å²) in [5.41, 5.74) is 3.75. The van der Waals surface area contributed by atoms with Gasteiger partial charge in [0.1, 0.15) is 0 Å². The zero-order valence-electron chi connectivity index (χ0n) is 15.5. The predicted octanol–water partition coefficient (Wildman–Crippen LogP) is 3.09. The number of aromatic nitrogens is 2. The third-order valence-electron chi connectivity index (χ3n) is 4.22. The van der Waals surface area contributed by atoms with Crippen LogP contribution in [0.5, 0.6) is 0 Å². The second-order valence-corrected chi connectivity index (χ2v) is 7.52. The van der Waals surface area contributed by atoms with Gasteiger partial charge in [-0.3, -0.25) is 9.48 Å². The van der Waals surface area contributed by atoms with Gasteiger partial charge in [0.05, 0.1) is 24.3 Å². The van der Waals surface area contributed by atoms with Gasteiger partial charge in [0.15, 0.2) is 0 Å². The fourth-order valence-electron chi connectivity index (χ4n) is 2.81. The monoisotopic (exact) mass is 363 g/mol. The molecule has 0 fully saturated rings. The number of aryl methyl sites for hydroxylation is 2. The van der Waals surface area contributed by atoms with Gasteiger partial charge in [-0.05, 0) is 51.8 Å². The van der Waals surface area contributed by atoms with Crippen LogP contribution in [-0.2, 0) is 24.3 Å². The Balaban J connectivity index is 2.06. The minimum Gasteiger partial charge on any atom is -0.389 e. The molecular weight excluding hydrogens is 338 g/mol. The lowest BCUT2D eigenvalue weighted by Gasteiger charge is -2.18. The third kappa shape index (κ3) is 5.06. The lowest BCUT2D eigenvalue weighted by atomic mass is 10.1. The number of halogens is 1. The van der Waals surface area contributed by atoms with E-state index in [1.54, 1.807) is 18.5 Å². The molecule has 0 saturated carbocycles. The summed E-state index contributed by atoms with van der Waals surface area (Å²) in [6, 6.07) is 5.69. The Hall–Kier alpha value is -1.85. The second-order valence-electron chi connectivity index (χ2n) is 7.11. The van der Waals surface area contributed by atoms with Crippen LogP contribution in [0.2, 0.25) is 5.02 Å². The van der Waals surface area contributed by atoms with Crippen molar-refractivity contribution in [3.8, 4) is 0 Å². The molecule has 0 aliphatic carbocycles. The number of amides is 1. The van der Waals surface area contributed by atoms with Gasteiger partial charge in [-0.2, -0.15) is 5.10 Å². The third-order valence-corrected chi connectivity index (χ3v) is 4.57. The Morgan fingerprint density at radius 3 is 2.56 bits per heavy atom. The highest BCUT2D eigenvalue weighted by Crippen LogP contribution is 2.20. The molecule has 0 atom stereocenters. The SMILES string of the molecule is Cc1cccc(Cl)c1CNC(=O)Cc1c(C)nn(CC(C)(C)O)c1C. The number of carbonyl (C=O) groups excluding carboxylic acids is 1. The second kappa shape index (κ2) is 7.58. The Morgan fingerprint density at radius 1 is 1.28 bits per heavy atom. The standard InChI is InChI=1S/C19H26ClN3O2/c1-12-7-6-8-17(20)16(12)10-21-18(24)9-15-13(2)22-23(14(15)3)11-19(4,5)25/h6-8,25H,9-11H2,1-5H3,(H,21,24). The molecule has 0 aliphatic heterocycles. The summed E-state index contributed by atoms with van der Waals surface area (Å²) < 4.78 is 1.76. The minimum atomic E-state index is -0.857. The first-order valence-electron chi connectivity index (χ1n) is 8.34. The van der Waals surface area contributed by atoms with E-state index in [4.69, 9.17) is 11.6 Å². The van der Waals surface area contributed by atoms with Gasteiger partial charge in [0.25, 0.3) is 0 Å². The molecule has 1 amide bonds. The Bertz CT molecular complexity index is 755. The summed E-state index contributed by atoms with van der Waals surface area (Å²) in [7, 11) is 0. The molecule has 2 aromatic rings. The van der Waals surface area contributed by atoms with Gasteiger partial charge in [-0.15, -0.1) is 0 Å². The van der Waals surface area contributed by atoms with Gasteiger partial charge in [-0.25, -0.2) is 0 Å². The first-order chi connectivity index (χ1) is 11.6. The van der Waals surface area contributed by atoms with Crippen molar-refractivity contribution in [3.05, 3.63) is 51.3 Å². The molecule has 2 rings (SSSR count). The maximum atomic E-state index is 12.4. The first kappa shape index (κ1) is 19.5. The number of benzene rings is 1. The van der Waals surface area contributed by atoms with E-state index in [1.807, 2.05) is 39.0 Å². The van der Waals surface area contributed by atoms with Crippen LogP contribution in [0.3, 0.4) is 0 Å². The van der Waals surface area contributed by atoms with Crippen LogP contribution >= 0.6 is 11.6 Å². The van der Waals surface area contributed by atoms with Crippen molar-refractivity contribution in [2.75, 3.05) is 0 Å². The zero-order chi connectivity index (χ0) is 18.8. The van der Waals surface area contributed by atoms with E-state index in [0.29, 0.717) is 18.1 Å². The first-order valence-corrected chi connectivity index (χ1v) is 8.72. The van der Waals surface area contributed by atoms with Crippen LogP contribution in [0.25, 0.3) is 0 Å². The number of rotatable bonds is 6. The number of hydrogen-bond acceptors (Lipinski definition) is 3. The molecule has 0 aliphatic rings. The van der Waals surface area contributed by atoms with E-state index in [-0.39, 0.29) is 12.3 Å². The highest BCUT2D eigenvalue weighted by molar-refractivity contribution is 6.31. The van der Waals surface area contributed by atoms with Crippen molar-refractivity contribution < 1.29 is 9.90 Å². The normalized spacial score (nSPS) is 11.6.